The average molecular weight is 335 g/mol. The monoisotopic (exact) mass is 334 g/mol. The zero-order valence-electron chi connectivity index (χ0n) is 11.3. The van der Waals surface area contributed by atoms with Crippen molar-refractivity contribution in [2.45, 2.75) is 19.3 Å². The van der Waals surface area contributed by atoms with Crippen molar-refractivity contribution in [2.24, 2.45) is 17.6 Å². The SMILES string of the molecule is NCC1CCCC1CNc1ccnc2cc(Br)cnc12. The Bertz CT molecular complexity index is 601. The third kappa shape index (κ3) is 2.79. The van der Waals surface area contributed by atoms with Gasteiger partial charge in [-0.25, -0.2) is 0 Å². The smallest absolute Gasteiger partial charge is 0.112 e. The van der Waals surface area contributed by atoms with Gasteiger partial charge in [0.25, 0.3) is 0 Å². The van der Waals surface area contributed by atoms with Gasteiger partial charge in [-0.1, -0.05) is 6.42 Å². The van der Waals surface area contributed by atoms with Crippen LogP contribution in [0, 0.1) is 11.8 Å². The van der Waals surface area contributed by atoms with E-state index in [-0.39, 0.29) is 0 Å². The van der Waals surface area contributed by atoms with Crippen LogP contribution in [0.15, 0.2) is 29.0 Å². The predicted octanol–water partition coefficient (Wildman–Crippen LogP) is 3.18. The molecular weight excluding hydrogens is 316 g/mol. The number of halogens is 1. The molecule has 0 bridgehead atoms. The van der Waals surface area contributed by atoms with Crippen LogP contribution in [0.2, 0.25) is 0 Å². The number of nitrogens with two attached hydrogens (primary N) is 1. The Kier molecular flexibility index (Phi) is 4.17. The lowest BCUT2D eigenvalue weighted by molar-refractivity contribution is 0.414. The van der Waals surface area contributed by atoms with E-state index in [0.29, 0.717) is 11.8 Å². The first-order valence-electron chi connectivity index (χ1n) is 7.12. The summed E-state index contributed by atoms with van der Waals surface area (Å²) in [5.41, 5.74) is 8.74. The molecule has 1 saturated carbocycles. The second-order valence-corrected chi connectivity index (χ2v) is 6.36. The van der Waals surface area contributed by atoms with Crippen LogP contribution >= 0.6 is 15.9 Å². The van der Waals surface area contributed by atoms with E-state index < -0.39 is 0 Å². The minimum atomic E-state index is 0.665. The molecule has 2 atom stereocenters. The van der Waals surface area contributed by atoms with Gasteiger partial charge in [-0.3, -0.25) is 9.97 Å². The molecule has 0 aliphatic heterocycles. The Morgan fingerprint density at radius 2 is 2.15 bits per heavy atom. The number of hydrogen-bond acceptors (Lipinski definition) is 4. The number of aromatic nitrogens is 2. The fourth-order valence-corrected chi connectivity index (χ4v) is 3.40. The summed E-state index contributed by atoms with van der Waals surface area (Å²) >= 11 is 3.43. The van der Waals surface area contributed by atoms with Crippen LogP contribution in [-0.4, -0.2) is 23.1 Å². The van der Waals surface area contributed by atoms with E-state index in [2.05, 4.69) is 31.2 Å². The third-order valence-electron chi connectivity index (χ3n) is 4.22. The highest BCUT2D eigenvalue weighted by Crippen LogP contribution is 2.31. The highest BCUT2D eigenvalue weighted by Gasteiger charge is 2.25. The first kappa shape index (κ1) is 13.8. The fraction of sp³-hybridized carbons (Fsp3) is 0.467. The van der Waals surface area contributed by atoms with E-state index in [9.17, 15) is 0 Å². The second-order valence-electron chi connectivity index (χ2n) is 5.45. The molecule has 5 heteroatoms. The molecule has 106 valence electrons. The largest absolute Gasteiger partial charge is 0.383 e. The van der Waals surface area contributed by atoms with Gasteiger partial charge < -0.3 is 11.1 Å². The quantitative estimate of drug-likeness (QED) is 0.901. The Hall–Kier alpha value is -1.20. The van der Waals surface area contributed by atoms with Gasteiger partial charge in [0, 0.05) is 23.4 Å². The van der Waals surface area contributed by atoms with Gasteiger partial charge in [0.1, 0.15) is 5.52 Å². The van der Waals surface area contributed by atoms with Crippen molar-refractivity contribution in [3.8, 4) is 0 Å². The topological polar surface area (TPSA) is 63.8 Å². The normalized spacial score (nSPS) is 22.3. The van der Waals surface area contributed by atoms with Crippen LogP contribution < -0.4 is 11.1 Å². The number of nitrogens with zero attached hydrogens (tertiary/aromatic N) is 2. The number of hydrogen-bond donors (Lipinski definition) is 2. The van der Waals surface area contributed by atoms with Gasteiger partial charge in [0.15, 0.2) is 0 Å². The second kappa shape index (κ2) is 6.06. The van der Waals surface area contributed by atoms with Crippen molar-refractivity contribution in [3.05, 3.63) is 29.0 Å². The molecule has 0 saturated heterocycles. The minimum Gasteiger partial charge on any atom is -0.383 e. The maximum absolute atomic E-state index is 5.85. The molecular formula is C15H19BrN4. The summed E-state index contributed by atoms with van der Waals surface area (Å²) in [5, 5.41) is 3.54. The lowest BCUT2D eigenvalue weighted by Gasteiger charge is -2.19. The van der Waals surface area contributed by atoms with Crippen molar-refractivity contribution >= 4 is 32.7 Å². The Balaban J connectivity index is 1.77. The maximum atomic E-state index is 5.85. The Morgan fingerprint density at radius 1 is 1.30 bits per heavy atom. The summed E-state index contributed by atoms with van der Waals surface area (Å²) in [6, 6.07) is 3.99. The van der Waals surface area contributed by atoms with Crippen molar-refractivity contribution < 1.29 is 0 Å². The summed E-state index contributed by atoms with van der Waals surface area (Å²) in [6.07, 6.45) is 7.49. The van der Waals surface area contributed by atoms with Crippen LogP contribution in [0.3, 0.4) is 0 Å². The van der Waals surface area contributed by atoms with Gasteiger partial charge in [0.2, 0.25) is 0 Å². The van der Waals surface area contributed by atoms with Gasteiger partial charge in [0.05, 0.1) is 11.2 Å². The Labute approximate surface area is 127 Å². The number of anilines is 1. The summed E-state index contributed by atoms with van der Waals surface area (Å²) in [6.45, 7) is 1.77. The molecule has 3 N–H and O–H groups in total. The van der Waals surface area contributed by atoms with Crippen molar-refractivity contribution in [1.29, 1.82) is 0 Å². The molecule has 0 aromatic carbocycles. The summed E-state index contributed by atoms with van der Waals surface area (Å²) in [4.78, 5) is 8.83. The molecule has 0 radical (unpaired) electrons. The molecule has 2 aromatic heterocycles. The number of rotatable bonds is 4. The maximum Gasteiger partial charge on any atom is 0.112 e. The molecule has 4 nitrogen and oxygen atoms in total. The van der Waals surface area contributed by atoms with Gasteiger partial charge in [-0.15, -0.1) is 0 Å². The zero-order valence-corrected chi connectivity index (χ0v) is 12.9. The van der Waals surface area contributed by atoms with Gasteiger partial charge >= 0.3 is 0 Å². The van der Waals surface area contributed by atoms with Crippen LogP contribution in [0.25, 0.3) is 11.0 Å². The van der Waals surface area contributed by atoms with Crippen LogP contribution in [0.4, 0.5) is 5.69 Å². The van der Waals surface area contributed by atoms with Crippen LogP contribution in [-0.2, 0) is 0 Å². The average Bonchev–Trinajstić information content (AvgIpc) is 2.92. The first-order valence-corrected chi connectivity index (χ1v) is 7.91. The zero-order chi connectivity index (χ0) is 13.9. The molecule has 2 heterocycles. The summed E-state index contributed by atoms with van der Waals surface area (Å²) < 4.78 is 0.952. The van der Waals surface area contributed by atoms with E-state index in [1.54, 1.807) is 0 Å². The minimum absolute atomic E-state index is 0.665. The summed E-state index contributed by atoms with van der Waals surface area (Å²) in [7, 11) is 0. The molecule has 1 fully saturated rings. The van der Waals surface area contributed by atoms with E-state index in [1.165, 1.54) is 19.3 Å². The molecule has 20 heavy (non-hydrogen) atoms. The first-order chi connectivity index (χ1) is 9.78. The molecule has 2 aromatic rings. The molecule has 1 aliphatic rings. The number of pyridine rings is 2. The predicted molar refractivity (Wildman–Crippen MR) is 85.6 cm³/mol. The fourth-order valence-electron chi connectivity index (χ4n) is 3.08. The highest BCUT2D eigenvalue weighted by atomic mass is 79.9. The Morgan fingerprint density at radius 3 is 3.00 bits per heavy atom. The van der Waals surface area contributed by atoms with Crippen molar-refractivity contribution in [3.63, 3.8) is 0 Å². The van der Waals surface area contributed by atoms with Crippen LogP contribution in [0.1, 0.15) is 19.3 Å². The molecule has 1 aliphatic carbocycles. The highest BCUT2D eigenvalue weighted by molar-refractivity contribution is 9.10. The van der Waals surface area contributed by atoms with Crippen molar-refractivity contribution in [2.75, 3.05) is 18.4 Å². The molecule has 0 amide bonds. The van der Waals surface area contributed by atoms with Crippen molar-refractivity contribution in [1.82, 2.24) is 9.97 Å². The van der Waals surface area contributed by atoms with E-state index in [4.69, 9.17) is 5.73 Å². The lowest BCUT2D eigenvalue weighted by atomic mass is 9.96. The van der Waals surface area contributed by atoms with E-state index >= 15 is 0 Å². The van der Waals surface area contributed by atoms with Gasteiger partial charge in [-0.05, 0) is 59.3 Å². The van der Waals surface area contributed by atoms with E-state index in [0.717, 1.165) is 34.3 Å². The molecule has 2 unspecified atom stereocenters. The number of fused-ring (bicyclic) bond motifs is 1. The summed E-state index contributed by atoms with van der Waals surface area (Å²) in [5.74, 6) is 1.34. The standard InChI is InChI=1S/C15H19BrN4/c16-12-6-14-15(20-9-12)13(4-5-18-14)19-8-11-3-1-2-10(11)7-17/h4-6,9-11H,1-3,7-8,17H2,(H,18,19). The third-order valence-corrected chi connectivity index (χ3v) is 4.65. The van der Waals surface area contributed by atoms with Gasteiger partial charge in [-0.2, -0.15) is 0 Å². The van der Waals surface area contributed by atoms with E-state index in [1.807, 2.05) is 24.5 Å². The number of nitrogens with one attached hydrogen (secondary N) is 1. The molecule has 3 rings (SSSR count). The van der Waals surface area contributed by atoms with Crippen LogP contribution in [0.5, 0.6) is 0 Å². The molecule has 0 spiro atoms. The lowest BCUT2D eigenvalue weighted by Crippen LogP contribution is -2.24.